The van der Waals surface area contributed by atoms with Crippen molar-refractivity contribution in [3.05, 3.63) is 24.2 Å². The molecule has 0 saturated heterocycles. The van der Waals surface area contributed by atoms with Crippen molar-refractivity contribution in [3.63, 3.8) is 0 Å². The fourth-order valence-electron chi connectivity index (χ4n) is 1.54. The molecule has 0 amide bonds. The van der Waals surface area contributed by atoms with E-state index in [-0.39, 0.29) is 0 Å². The third kappa shape index (κ3) is 1.87. The van der Waals surface area contributed by atoms with Crippen LogP contribution in [0, 0.1) is 0 Å². The van der Waals surface area contributed by atoms with Gasteiger partial charge >= 0.3 is 0 Å². The Labute approximate surface area is 90.1 Å². The molecular formula is C12H17N3. The van der Waals surface area contributed by atoms with Gasteiger partial charge in [-0.3, -0.25) is 9.67 Å². The molecule has 0 aliphatic heterocycles. The lowest BCUT2D eigenvalue weighted by Crippen LogP contribution is -1.99. The molecule has 2 aromatic rings. The van der Waals surface area contributed by atoms with Gasteiger partial charge in [-0.1, -0.05) is 13.8 Å². The number of hydrogen-bond donors (Lipinski definition) is 0. The van der Waals surface area contributed by atoms with Gasteiger partial charge in [0.2, 0.25) is 0 Å². The van der Waals surface area contributed by atoms with Crippen molar-refractivity contribution in [2.75, 3.05) is 0 Å². The Morgan fingerprint density at radius 3 is 2.53 bits per heavy atom. The van der Waals surface area contributed by atoms with E-state index in [1.165, 1.54) is 5.39 Å². The normalized spacial score (nSPS) is 11.9. The zero-order valence-electron chi connectivity index (χ0n) is 9.73. The predicted octanol–water partition coefficient (Wildman–Crippen LogP) is 3.14. The van der Waals surface area contributed by atoms with Crippen LogP contribution >= 0.6 is 0 Å². The number of fused-ring (bicyclic) bond motifs is 1. The summed E-state index contributed by atoms with van der Waals surface area (Å²) in [6.45, 7) is 8.56. The molecule has 0 atom stereocenters. The average molecular weight is 203 g/mol. The van der Waals surface area contributed by atoms with Crippen LogP contribution in [-0.4, -0.2) is 14.8 Å². The molecule has 0 spiro atoms. The predicted molar refractivity (Wildman–Crippen MR) is 62.0 cm³/mol. The minimum atomic E-state index is 0.403. The lowest BCUT2D eigenvalue weighted by Gasteiger charge is -2.02. The van der Waals surface area contributed by atoms with Gasteiger partial charge in [0.05, 0.1) is 6.20 Å². The molecule has 0 aromatic carbocycles. The monoisotopic (exact) mass is 203 g/mol. The van der Waals surface area contributed by atoms with Crippen molar-refractivity contribution in [1.82, 2.24) is 14.8 Å². The standard InChI is InChI=1S/C12H17N3/c1-8(2)11-5-10-7-15(9(3)4)14-12(10)6-13-11/h5-9H,1-4H3. The maximum Gasteiger partial charge on any atom is 0.111 e. The molecule has 15 heavy (non-hydrogen) atoms. The van der Waals surface area contributed by atoms with E-state index in [1.807, 2.05) is 10.9 Å². The highest BCUT2D eigenvalue weighted by molar-refractivity contribution is 5.77. The summed E-state index contributed by atoms with van der Waals surface area (Å²) in [6, 6.07) is 2.53. The Morgan fingerprint density at radius 1 is 1.20 bits per heavy atom. The minimum Gasteiger partial charge on any atom is -0.269 e. The number of pyridine rings is 1. The first-order valence-electron chi connectivity index (χ1n) is 5.42. The number of nitrogens with zero attached hydrogens (tertiary/aromatic N) is 3. The van der Waals surface area contributed by atoms with Crippen LogP contribution in [0.15, 0.2) is 18.5 Å². The fraction of sp³-hybridized carbons (Fsp3) is 0.500. The van der Waals surface area contributed by atoms with Crippen molar-refractivity contribution in [3.8, 4) is 0 Å². The Balaban J connectivity index is 2.52. The highest BCUT2D eigenvalue weighted by atomic mass is 15.3. The molecule has 2 aromatic heterocycles. The average Bonchev–Trinajstić information content (AvgIpc) is 2.59. The fourth-order valence-corrected chi connectivity index (χ4v) is 1.54. The van der Waals surface area contributed by atoms with Gasteiger partial charge in [0, 0.05) is 23.3 Å². The minimum absolute atomic E-state index is 0.403. The van der Waals surface area contributed by atoms with Gasteiger partial charge in [-0.25, -0.2) is 0 Å². The van der Waals surface area contributed by atoms with E-state index in [1.54, 1.807) is 0 Å². The topological polar surface area (TPSA) is 30.7 Å². The van der Waals surface area contributed by atoms with Crippen LogP contribution in [0.1, 0.15) is 45.3 Å². The Hall–Kier alpha value is -1.38. The number of rotatable bonds is 2. The summed E-state index contributed by atoms with van der Waals surface area (Å²) in [4.78, 5) is 4.40. The molecule has 3 nitrogen and oxygen atoms in total. The van der Waals surface area contributed by atoms with E-state index in [9.17, 15) is 0 Å². The zero-order chi connectivity index (χ0) is 11.0. The molecule has 2 rings (SSSR count). The third-order valence-corrected chi connectivity index (χ3v) is 2.55. The molecule has 0 bridgehead atoms. The van der Waals surface area contributed by atoms with Crippen LogP contribution in [0.2, 0.25) is 0 Å². The Kier molecular flexibility index (Phi) is 2.47. The second-order valence-electron chi connectivity index (χ2n) is 4.53. The largest absolute Gasteiger partial charge is 0.269 e. The zero-order valence-corrected chi connectivity index (χ0v) is 9.73. The highest BCUT2D eigenvalue weighted by Crippen LogP contribution is 2.19. The van der Waals surface area contributed by atoms with Crippen molar-refractivity contribution in [1.29, 1.82) is 0 Å². The molecule has 0 N–H and O–H groups in total. The van der Waals surface area contributed by atoms with Crippen LogP contribution in [0.25, 0.3) is 10.9 Å². The molecule has 0 unspecified atom stereocenters. The molecule has 3 heteroatoms. The van der Waals surface area contributed by atoms with E-state index in [4.69, 9.17) is 0 Å². The molecule has 0 saturated carbocycles. The van der Waals surface area contributed by atoms with Gasteiger partial charge in [-0.05, 0) is 25.8 Å². The number of aromatic nitrogens is 3. The summed E-state index contributed by atoms with van der Waals surface area (Å²) in [5, 5.41) is 5.65. The second-order valence-corrected chi connectivity index (χ2v) is 4.53. The molecule has 0 fully saturated rings. The van der Waals surface area contributed by atoms with Crippen LogP contribution in [0.5, 0.6) is 0 Å². The van der Waals surface area contributed by atoms with E-state index >= 15 is 0 Å². The van der Waals surface area contributed by atoms with Gasteiger partial charge in [0.15, 0.2) is 0 Å². The summed E-state index contributed by atoms with van der Waals surface area (Å²) >= 11 is 0. The third-order valence-electron chi connectivity index (χ3n) is 2.55. The summed E-state index contributed by atoms with van der Waals surface area (Å²) in [6.07, 6.45) is 3.96. The van der Waals surface area contributed by atoms with Gasteiger partial charge in [-0.2, -0.15) is 5.10 Å². The molecular weight excluding hydrogens is 186 g/mol. The first kappa shape index (κ1) is 10.1. The molecule has 0 aliphatic rings. The summed E-state index contributed by atoms with van der Waals surface area (Å²) < 4.78 is 1.98. The second kappa shape index (κ2) is 3.65. The quantitative estimate of drug-likeness (QED) is 0.750. The molecule has 0 radical (unpaired) electrons. The van der Waals surface area contributed by atoms with Crippen LogP contribution in [0.4, 0.5) is 0 Å². The summed E-state index contributed by atoms with van der Waals surface area (Å²) in [7, 11) is 0. The number of hydrogen-bond acceptors (Lipinski definition) is 2. The first-order valence-corrected chi connectivity index (χ1v) is 5.42. The van der Waals surface area contributed by atoms with Gasteiger partial charge in [0.1, 0.15) is 5.52 Å². The molecule has 0 aliphatic carbocycles. The Morgan fingerprint density at radius 2 is 1.93 bits per heavy atom. The van der Waals surface area contributed by atoms with Gasteiger partial charge in [-0.15, -0.1) is 0 Å². The van der Waals surface area contributed by atoms with Crippen molar-refractivity contribution in [2.45, 2.75) is 39.7 Å². The van der Waals surface area contributed by atoms with E-state index in [0.717, 1.165) is 11.2 Å². The SMILES string of the molecule is CC(C)c1cc2cn(C(C)C)nc2cn1. The smallest absolute Gasteiger partial charge is 0.111 e. The van der Waals surface area contributed by atoms with Gasteiger partial charge in [0.25, 0.3) is 0 Å². The maximum atomic E-state index is 4.47. The van der Waals surface area contributed by atoms with Gasteiger partial charge < -0.3 is 0 Å². The van der Waals surface area contributed by atoms with Crippen molar-refractivity contribution in [2.24, 2.45) is 0 Å². The lowest BCUT2D eigenvalue weighted by atomic mass is 10.1. The Bertz CT molecular complexity index is 463. The van der Waals surface area contributed by atoms with Crippen LogP contribution in [0.3, 0.4) is 0 Å². The lowest BCUT2D eigenvalue weighted by molar-refractivity contribution is 0.537. The van der Waals surface area contributed by atoms with Crippen molar-refractivity contribution >= 4 is 10.9 Å². The van der Waals surface area contributed by atoms with E-state index in [0.29, 0.717) is 12.0 Å². The van der Waals surface area contributed by atoms with Crippen LogP contribution < -0.4 is 0 Å². The first-order chi connectivity index (χ1) is 7.08. The van der Waals surface area contributed by atoms with Crippen molar-refractivity contribution < 1.29 is 0 Å². The van der Waals surface area contributed by atoms with E-state index in [2.05, 4.69) is 50.0 Å². The molecule has 80 valence electrons. The highest BCUT2D eigenvalue weighted by Gasteiger charge is 2.06. The van der Waals surface area contributed by atoms with Crippen LogP contribution in [-0.2, 0) is 0 Å². The summed E-state index contributed by atoms with van der Waals surface area (Å²) in [5.41, 5.74) is 2.11. The summed E-state index contributed by atoms with van der Waals surface area (Å²) in [5.74, 6) is 0.469. The maximum absolute atomic E-state index is 4.47. The van der Waals surface area contributed by atoms with E-state index < -0.39 is 0 Å². The molecule has 2 heterocycles.